The molecule has 2 rings (SSSR count). The normalized spacial score (nSPS) is 11.6. The number of aromatic nitrogens is 1. The minimum atomic E-state index is -3.65. The highest BCUT2D eigenvalue weighted by Crippen LogP contribution is 2.29. The number of benzene rings is 1. The molecule has 0 amide bonds. The van der Waals surface area contributed by atoms with Gasteiger partial charge in [-0.05, 0) is 63.6 Å². The third kappa shape index (κ3) is 3.60. The van der Waals surface area contributed by atoms with E-state index >= 15 is 0 Å². The molecule has 9 heteroatoms. The second-order valence-corrected chi connectivity index (χ2v) is 9.05. The second kappa shape index (κ2) is 5.84. The summed E-state index contributed by atoms with van der Waals surface area (Å²) >= 11 is 12.1. The summed E-state index contributed by atoms with van der Waals surface area (Å²) in [4.78, 5) is 3.91. The number of halogens is 3. The van der Waals surface area contributed by atoms with Gasteiger partial charge in [-0.3, -0.25) is 4.72 Å². The SMILES string of the molecule is Cc1nc(Cl)sc1S(=O)(=O)Nc1ccc(Br)c(I)c1. The number of rotatable bonds is 3. The fourth-order valence-electron chi connectivity index (χ4n) is 1.36. The van der Waals surface area contributed by atoms with E-state index in [4.69, 9.17) is 11.6 Å². The molecule has 0 aliphatic rings. The van der Waals surface area contributed by atoms with Crippen LogP contribution >= 0.6 is 61.5 Å². The highest BCUT2D eigenvalue weighted by molar-refractivity contribution is 14.1. The van der Waals surface area contributed by atoms with Crippen LogP contribution in [0.25, 0.3) is 0 Å². The number of thiazole rings is 1. The highest BCUT2D eigenvalue weighted by atomic mass is 127. The molecule has 0 aliphatic carbocycles. The molecular formula is C10H7BrClIN2O2S2. The summed E-state index contributed by atoms with van der Waals surface area (Å²) < 4.78 is 29.1. The number of hydrogen-bond donors (Lipinski definition) is 1. The van der Waals surface area contributed by atoms with Crippen LogP contribution in [0, 0.1) is 10.5 Å². The van der Waals surface area contributed by atoms with Gasteiger partial charge in [-0.25, -0.2) is 13.4 Å². The molecule has 19 heavy (non-hydrogen) atoms. The van der Waals surface area contributed by atoms with Crippen LogP contribution in [0.4, 0.5) is 5.69 Å². The van der Waals surface area contributed by atoms with Gasteiger partial charge in [0, 0.05) is 13.7 Å². The Kier molecular flexibility index (Phi) is 4.76. The smallest absolute Gasteiger partial charge is 0.273 e. The Morgan fingerprint density at radius 2 is 2.16 bits per heavy atom. The monoisotopic (exact) mass is 492 g/mol. The van der Waals surface area contributed by atoms with Crippen molar-refractivity contribution in [3.05, 3.63) is 36.4 Å². The molecule has 1 heterocycles. The number of sulfonamides is 1. The average molecular weight is 494 g/mol. The van der Waals surface area contributed by atoms with Crippen LogP contribution < -0.4 is 4.72 Å². The third-order valence-electron chi connectivity index (χ3n) is 2.14. The first-order valence-corrected chi connectivity index (χ1v) is 9.45. The zero-order valence-corrected chi connectivity index (χ0v) is 15.6. The molecular weight excluding hydrogens is 487 g/mol. The van der Waals surface area contributed by atoms with E-state index in [1.165, 1.54) is 0 Å². The molecule has 1 aromatic heterocycles. The minimum absolute atomic E-state index is 0.135. The second-order valence-electron chi connectivity index (χ2n) is 3.57. The molecule has 1 N–H and O–H groups in total. The van der Waals surface area contributed by atoms with E-state index < -0.39 is 10.0 Å². The fraction of sp³-hybridized carbons (Fsp3) is 0.100. The van der Waals surface area contributed by atoms with Crippen LogP contribution in [0.1, 0.15) is 5.69 Å². The van der Waals surface area contributed by atoms with E-state index in [1.807, 2.05) is 0 Å². The third-order valence-corrected chi connectivity index (χ3v) is 7.72. The number of aryl methyl sites for hydroxylation is 1. The zero-order chi connectivity index (χ0) is 14.2. The summed E-state index contributed by atoms with van der Waals surface area (Å²) in [6.45, 7) is 1.61. The van der Waals surface area contributed by atoms with Crippen LogP contribution in [0.3, 0.4) is 0 Å². The van der Waals surface area contributed by atoms with E-state index in [0.29, 0.717) is 11.4 Å². The molecule has 1 aromatic carbocycles. The molecule has 102 valence electrons. The lowest BCUT2D eigenvalue weighted by atomic mass is 10.3. The molecule has 0 unspecified atom stereocenters. The molecule has 4 nitrogen and oxygen atoms in total. The molecule has 0 spiro atoms. The van der Waals surface area contributed by atoms with Crippen molar-refractivity contribution >= 4 is 77.2 Å². The molecule has 0 saturated carbocycles. The van der Waals surface area contributed by atoms with E-state index in [9.17, 15) is 8.42 Å². The quantitative estimate of drug-likeness (QED) is 0.650. The van der Waals surface area contributed by atoms with Crippen molar-refractivity contribution in [2.24, 2.45) is 0 Å². The van der Waals surface area contributed by atoms with E-state index in [0.717, 1.165) is 19.4 Å². The Labute approximate surface area is 141 Å². The van der Waals surface area contributed by atoms with Crippen LogP contribution in [0.15, 0.2) is 26.9 Å². The first-order valence-electron chi connectivity index (χ1n) is 4.90. The Bertz CT molecular complexity index is 733. The van der Waals surface area contributed by atoms with Crippen molar-refractivity contribution in [3.63, 3.8) is 0 Å². The number of hydrogen-bond acceptors (Lipinski definition) is 4. The number of nitrogens with zero attached hydrogens (tertiary/aromatic N) is 1. The van der Waals surface area contributed by atoms with Crippen LogP contribution in [0.2, 0.25) is 4.47 Å². The fourth-order valence-corrected chi connectivity index (χ4v) is 4.91. The summed E-state index contributed by atoms with van der Waals surface area (Å²) in [6, 6.07) is 5.20. The van der Waals surface area contributed by atoms with E-state index in [-0.39, 0.29) is 8.68 Å². The maximum absolute atomic E-state index is 12.2. The number of anilines is 1. The van der Waals surface area contributed by atoms with Crippen molar-refractivity contribution in [3.8, 4) is 0 Å². The van der Waals surface area contributed by atoms with Crippen molar-refractivity contribution in [1.82, 2.24) is 4.98 Å². The average Bonchev–Trinajstić information content (AvgIpc) is 2.63. The summed E-state index contributed by atoms with van der Waals surface area (Å²) in [6.07, 6.45) is 0. The molecule has 0 radical (unpaired) electrons. The molecule has 0 fully saturated rings. The summed E-state index contributed by atoms with van der Waals surface area (Å²) in [5.41, 5.74) is 0.894. The topological polar surface area (TPSA) is 59.1 Å². The lowest BCUT2D eigenvalue weighted by Gasteiger charge is -2.07. The molecule has 0 aliphatic heterocycles. The van der Waals surface area contributed by atoms with Gasteiger partial charge >= 0.3 is 0 Å². The minimum Gasteiger partial charge on any atom is -0.279 e. The zero-order valence-electron chi connectivity index (χ0n) is 9.45. The maximum atomic E-state index is 12.2. The lowest BCUT2D eigenvalue weighted by molar-refractivity contribution is 0.602. The van der Waals surface area contributed by atoms with Crippen LogP contribution in [-0.4, -0.2) is 13.4 Å². The van der Waals surface area contributed by atoms with Crippen molar-refractivity contribution < 1.29 is 8.42 Å². The summed E-state index contributed by atoms with van der Waals surface area (Å²) in [7, 11) is -3.65. The van der Waals surface area contributed by atoms with Gasteiger partial charge in [0.2, 0.25) is 0 Å². The Balaban J connectivity index is 2.36. The Morgan fingerprint density at radius 1 is 1.47 bits per heavy atom. The standard InChI is InChI=1S/C10H7BrClIN2O2S2/c1-5-9(18-10(12)14-5)19(16,17)15-6-2-3-7(11)8(13)4-6/h2-4,15H,1H3. The van der Waals surface area contributed by atoms with Crippen LogP contribution in [0.5, 0.6) is 0 Å². The van der Waals surface area contributed by atoms with E-state index in [1.54, 1.807) is 25.1 Å². The van der Waals surface area contributed by atoms with Gasteiger partial charge in [-0.15, -0.1) is 0 Å². The van der Waals surface area contributed by atoms with Gasteiger partial charge in [0.15, 0.2) is 8.68 Å². The predicted octanol–water partition coefficient (Wildman–Crippen LogP) is 4.27. The Morgan fingerprint density at radius 3 is 2.68 bits per heavy atom. The highest BCUT2D eigenvalue weighted by Gasteiger charge is 2.21. The van der Waals surface area contributed by atoms with Gasteiger partial charge in [0.05, 0.1) is 5.69 Å². The van der Waals surface area contributed by atoms with Gasteiger partial charge in [-0.2, -0.15) is 0 Å². The largest absolute Gasteiger partial charge is 0.279 e. The molecule has 2 aromatic rings. The summed E-state index contributed by atoms with van der Waals surface area (Å²) in [5.74, 6) is 0. The van der Waals surface area contributed by atoms with Gasteiger partial charge in [0.1, 0.15) is 0 Å². The lowest BCUT2D eigenvalue weighted by Crippen LogP contribution is -2.12. The van der Waals surface area contributed by atoms with Gasteiger partial charge < -0.3 is 0 Å². The number of nitrogens with one attached hydrogen (secondary N) is 1. The molecule has 0 saturated heterocycles. The maximum Gasteiger partial charge on any atom is 0.273 e. The van der Waals surface area contributed by atoms with Gasteiger partial charge in [-0.1, -0.05) is 22.9 Å². The van der Waals surface area contributed by atoms with Crippen molar-refractivity contribution in [2.75, 3.05) is 4.72 Å². The Hall–Kier alpha value is 0.1000. The van der Waals surface area contributed by atoms with Crippen molar-refractivity contribution in [1.29, 1.82) is 0 Å². The first kappa shape index (κ1) is 15.5. The predicted molar refractivity (Wildman–Crippen MR) is 89.5 cm³/mol. The first-order chi connectivity index (χ1) is 8.79. The van der Waals surface area contributed by atoms with Crippen molar-refractivity contribution in [2.45, 2.75) is 11.1 Å². The van der Waals surface area contributed by atoms with Crippen LogP contribution in [-0.2, 0) is 10.0 Å². The van der Waals surface area contributed by atoms with E-state index in [2.05, 4.69) is 48.2 Å². The summed E-state index contributed by atoms with van der Waals surface area (Å²) in [5, 5.41) is 0. The molecule has 0 bridgehead atoms. The van der Waals surface area contributed by atoms with Gasteiger partial charge in [0.25, 0.3) is 10.0 Å². The molecule has 0 atom stereocenters.